The van der Waals surface area contributed by atoms with Crippen molar-refractivity contribution in [2.75, 3.05) is 13.2 Å². The van der Waals surface area contributed by atoms with Crippen molar-refractivity contribution in [3.8, 4) is 11.1 Å². The molecule has 2 atom stereocenters. The zero-order valence-electron chi connectivity index (χ0n) is 15.9. The Morgan fingerprint density at radius 3 is 2.14 bits per heavy atom. The minimum atomic E-state index is -1.33. The number of carbonyl (C=O) groups is 3. The fraction of sp³-hybridized carbons (Fsp3) is 0.286. The number of carboxylic acid groups (broad SMARTS) is 1. The molecule has 8 heteroatoms. The van der Waals surface area contributed by atoms with E-state index in [2.05, 4.69) is 10.6 Å². The van der Waals surface area contributed by atoms with Gasteiger partial charge in [-0.25, -0.2) is 9.59 Å². The van der Waals surface area contributed by atoms with Gasteiger partial charge in [-0.15, -0.1) is 0 Å². The van der Waals surface area contributed by atoms with Crippen LogP contribution in [0.5, 0.6) is 0 Å². The summed E-state index contributed by atoms with van der Waals surface area (Å²) < 4.78 is 5.32. The number of carboxylic acids is 1. The van der Waals surface area contributed by atoms with Gasteiger partial charge in [-0.2, -0.15) is 0 Å². The van der Waals surface area contributed by atoms with Gasteiger partial charge in [0.25, 0.3) is 0 Å². The van der Waals surface area contributed by atoms with E-state index in [-0.39, 0.29) is 19.1 Å². The van der Waals surface area contributed by atoms with E-state index in [0.717, 1.165) is 22.3 Å². The molecule has 0 fully saturated rings. The summed E-state index contributed by atoms with van der Waals surface area (Å²) in [6, 6.07) is 13.7. The van der Waals surface area contributed by atoms with Gasteiger partial charge in [0.1, 0.15) is 12.6 Å². The van der Waals surface area contributed by atoms with E-state index in [1.54, 1.807) is 0 Å². The summed E-state index contributed by atoms with van der Waals surface area (Å²) in [6.45, 7) is 1.25. The lowest BCUT2D eigenvalue weighted by Gasteiger charge is -2.18. The summed E-state index contributed by atoms with van der Waals surface area (Å²) in [7, 11) is 0. The molecule has 0 aliphatic heterocycles. The van der Waals surface area contributed by atoms with E-state index in [1.807, 2.05) is 48.5 Å². The van der Waals surface area contributed by atoms with Gasteiger partial charge >= 0.3 is 12.1 Å². The van der Waals surface area contributed by atoms with Crippen LogP contribution in [0.25, 0.3) is 11.1 Å². The number of aliphatic carboxylic acids is 1. The molecule has 0 aromatic heterocycles. The molecule has 29 heavy (non-hydrogen) atoms. The number of hydrogen-bond donors (Lipinski definition) is 4. The van der Waals surface area contributed by atoms with Crippen LogP contribution in [-0.2, 0) is 14.3 Å². The maximum Gasteiger partial charge on any atom is 0.407 e. The number of benzene rings is 2. The molecule has 2 unspecified atom stereocenters. The van der Waals surface area contributed by atoms with E-state index in [4.69, 9.17) is 10.5 Å². The maximum atomic E-state index is 12.2. The van der Waals surface area contributed by atoms with E-state index >= 15 is 0 Å². The fourth-order valence-corrected chi connectivity index (χ4v) is 3.35. The van der Waals surface area contributed by atoms with Crippen molar-refractivity contribution in [3.63, 3.8) is 0 Å². The van der Waals surface area contributed by atoms with Crippen molar-refractivity contribution in [2.24, 2.45) is 5.73 Å². The summed E-state index contributed by atoms with van der Waals surface area (Å²) in [5, 5.41) is 13.9. The minimum absolute atomic E-state index is 0.0678. The van der Waals surface area contributed by atoms with Crippen LogP contribution in [-0.4, -0.2) is 48.3 Å². The summed E-state index contributed by atoms with van der Waals surface area (Å²) in [5.74, 6) is -1.93. The van der Waals surface area contributed by atoms with E-state index in [1.165, 1.54) is 6.92 Å². The highest BCUT2D eigenvalue weighted by Gasteiger charge is 2.29. The van der Waals surface area contributed by atoms with Crippen LogP contribution in [0.2, 0.25) is 0 Å². The van der Waals surface area contributed by atoms with E-state index < -0.39 is 30.1 Å². The second-order valence-electron chi connectivity index (χ2n) is 6.89. The molecular weight excluding hydrogens is 374 g/mol. The van der Waals surface area contributed by atoms with Gasteiger partial charge in [0.2, 0.25) is 5.91 Å². The third-order valence-electron chi connectivity index (χ3n) is 4.83. The Morgan fingerprint density at radius 1 is 1.07 bits per heavy atom. The van der Waals surface area contributed by atoms with Crippen LogP contribution >= 0.6 is 0 Å². The zero-order valence-corrected chi connectivity index (χ0v) is 15.9. The van der Waals surface area contributed by atoms with Crippen molar-refractivity contribution >= 4 is 18.0 Å². The van der Waals surface area contributed by atoms with Gasteiger partial charge in [-0.3, -0.25) is 4.79 Å². The third-order valence-corrected chi connectivity index (χ3v) is 4.83. The zero-order chi connectivity index (χ0) is 21.0. The Balaban J connectivity index is 1.63. The summed E-state index contributed by atoms with van der Waals surface area (Å²) in [4.78, 5) is 35.1. The SMILES string of the molecule is CC(N)C(=O)NCC(NC(=O)OCC1c2ccccc2-c2ccccc21)C(=O)O. The molecule has 8 nitrogen and oxygen atoms in total. The molecule has 152 valence electrons. The molecule has 3 rings (SSSR count). The van der Waals surface area contributed by atoms with Crippen LogP contribution in [0.3, 0.4) is 0 Å². The molecule has 0 spiro atoms. The molecule has 0 bridgehead atoms. The fourth-order valence-electron chi connectivity index (χ4n) is 3.35. The van der Waals surface area contributed by atoms with Crippen LogP contribution in [0.4, 0.5) is 4.79 Å². The number of carbonyl (C=O) groups excluding carboxylic acids is 2. The Labute approximate surface area is 168 Å². The molecule has 2 aromatic rings. The highest BCUT2D eigenvalue weighted by atomic mass is 16.5. The van der Waals surface area contributed by atoms with Crippen molar-refractivity contribution < 1.29 is 24.2 Å². The first kappa shape index (κ1) is 20.3. The molecule has 0 saturated heterocycles. The number of amides is 2. The Hall–Kier alpha value is -3.39. The number of rotatable bonds is 7. The standard InChI is InChI=1S/C21H23N3O5/c1-12(22)19(25)23-10-18(20(26)27)24-21(28)29-11-17-15-8-4-2-6-13(15)14-7-3-5-9-16(14)17/h2-9,12,17-18H,10-11,22H2,1H3,(H,23,25)(H,24,28)(H,26,27). The average Bonchev–Trinajstić information content (AvgIpc) is 3.03. The monoisotopic (exact) mass is 397 g/mol. The first-order valence-electron chi connectivity index (χ1n) is 9.26. The second-order valence-corrected chi connectivity index (χ2v) is 6.89. The molecule has 5 N–H and O–H groups in total. The van der Waals surface area contributed by atoms with Gasteiger partial charge in [0.15, 0.2) is 0 Å². The van der Waals surface area contributed by atoms with Crippen LogP contribution < -0.4 is 16.4 Å². The van der Waals surface area contributed by atoms with Gasteiger partial charge in [0, 0.05) is 12.5 Å². The molecule has 0 radical (unpaired) electrons. The highest BCUT2D eigenvalue weighted by molar-refractivity contribution is 5.84. The molecule has 2 aromatic carbocycles. The molecule has 1 aliphatic carbocycles. The quantitative estimate of drug-likeness (QED) is 0.559. The van der Waals surface area contributed by atoms with Gasteiger partial charge in [-0.05, 0) is 29.2 Å². The Morgan fingerprint density at radius 2 is 1.62 bits per heavy atom. The van der Waals surface area contributed by atoms with Crippen molar-refractivity contribution in [2.45, 2.75) is 24.9 Å². The normalized spacial score (nSPS) is 14.3. The van der Waals surface area contributed by atoms with Gasteiger partial charge in [-0.1, -0.05) is 48.5 Å². The number of nitrogens with two attached hydrogens (primary N) is 1. The highest BCUT2D eigenvalue weighted by Crippen LogP contribution is 2.44. The second kappa shape index (κ2) is 8.74. The number of fused-ring (bicyclic) bond motifs is 3. The van der Waals surface area contributed by atoms with E-state index in [0.29, 0.717) is 0 Å². The lowest BCUT2D eigenvalue weighted by Crippen LogP contribution is -2.50. The average molecular weight is 397 g/mol. The summed E-state index contributed by atoms with van der Waals surface area (Å²) >= 11 is 0. The minimum Gasteiger partial charge on any atom is -0.480 e. The predicted octanol–water partition coefficient (Wildman–Crippen LogP) is 1.44. The number of alkyl carbamates (subject to hydrolysis) is 1. The van der Waals surface area contributed by atoms with E-state index in [9.17, 15) is 19.5 Å². The first-order chi connectivity index (χ1) is 13.9. The lowest BCUT2D eigenvalue weighted by molar-refractivity contribution is -0.139. The molecule has 0 saturated carbocycles. The molecule has 0 heterocycles. The molecular formula is C21H23N3O5. The van der Waals surface area contributed by atoms with Crippen LogP contribution in [0.15, 0.2) is 48.5 Å². The maximum absolute atomic E-state index is 12.2. The van der Waals surface area contributed by atoms with Crippen LogP contribution in [0.1, 0.15) is 24.0 Å². The van der Waals surface area contributed by atoms with Crippen LogP contribution in [0, 0.1) is 0 Å². The topological polar surface area (TPSA) is 131 Å². The largest absolute Gasteiger partial charge is 0.480 e. The predicted molar refractivity (Wildman–Crippen MR) is 106 cm³/mol. The Bertz CT molecular complexity index is 883. The molecule has 1 aliphatic rings. The smallest absolute Gasteiger partial charge is 0.407 e. The number of nitrogens with one attached hydrogen (secondary N) is 2. The summed E-state index contributed by atoms with van der Waals surface area (Å²) in [6.07, 6.45) is -0.866. The van der Waals surface area contributed by atoms with Gasteiger partial charge < -0.3 is 26.2 Å². The van der Waals surface area contributed by atoms with Crippen molar-refractivity contribution in [3.05, 3.63) is 59.7 Å². The van der Waals surface area contributed by atoms with Crippen molar-refractivity contribution in [1.82, 2.24) is 10.6 Å². The Kier molecular flexibility index (Phi) is 6.13. The molecule has 2 amide bonds. The lowest BCUT2D eigenvalue weighted by atomic mass is 9.98. The van der Waals surface area contributed by atoms with Gasteiger partial charge in [0.05, 0.1) is 6.04 Å². The number of ether oxygens (including phenoxy) is 1. The number of hydrogen-bond acceptors (Lipinski definition) is 5. The summed E-state index contributed by atoms with van der Waals surface area (Å²) in [5.41, 5.74) is 9.73. The van der Waals surface area contributed by atoms with Crippen molar-refractivity contribution in [1.29, 1.82) is 0 Å². The third kappa shape index (κ3) is 4.55. The first-order valence-corrected chi connectivity index (χ1v) is 9.26.